The molecule has 4 rings (SSSR count). The first-order valence-electron chi connectivity index (χ1n) is 11.3. The molecule has 0 bridgehead atoms. The molecule has 1 aromatic heterocycles. The number of hydrogen-bond donors (Lipinski definition) is 0. The number of fused-ring (bicyclic) bond motifs is 1. The molecule has 33 heavy (non-hydrogen) atoms. The number of nitrogens with zero attached hydrogens (tertiary/aromatic N) is 2. The van der Waals surface area contributed by atoms with Crippen LogP contribution in [0.2, 0.25) is 5.02 Å². The van der Waals surface area contributed by atoms with Crippen LogP contribution in [0.15, 0.2) is 66.9 Å². The van der Waals surface area contributed by atoms with E-state index in [1.807, 2.05) is 50.2 Å². The van der Waals surface area contributed by atoms with E-state index in [-0.39, 0.29) is 6.09 Å². The summed E-state index contributed by atoms with van der Waals surface area (Å²) in [7, 11) is 0. The standard InChI is InChI=1S/C28H29ClN2O2/c1-5-30(6-2)28(32)33-26-12-11-25-23(27(26)22-16-19(3)15-20(4)17-22)13-14-31(25)18-21-9-7-8-10-24(21)29/h7-17H,5-6,18H2,1-4H3. The number of aromatic nitrogens is 1. The van der Waals surface area contributed by atoms with Crippen molar-refractivity contribution >= 4 is 28.6 Å². The Bertz CT molecular complexity index is 1280. The van der Waals surface area contributed by atoms with Gasteiger partial charge in [0.25, 0.3) is 0 Å². The first-order valence-corrected chi connectivity index (χ1v) is 11.7. The maximum absolute atomic E-state index is 12.8. The predicted octanol–water partition coefficient (Wildman–Crippen LogP) is 7.47. The van der Waals surface area contributed by atoms with Crippen molar-refractivity contribution < 1.29 is 9.53 Å². The Kier molecular flexibility index (Phi) is 6.75. The van der Waals surface area contributed by atoms with Crippen molar-refractivity contribution in [2.75, 3.05) is 13.1 Å². The van der Waals surface area contributed by atoms with Crippen LogP contribution in [0.1, 0.15) is 30.5 Å². The van der Waals surface area contributed by atoms with Crippen molar-refractivity contribution in [1.82, 2.24) is 9.47 Å². The van der Waals surface area contributed by atoms with Gasteiger partial charge in [-0.15, -0.1) is 0 Å². The minimum atomic E-state index is -0.333. The third-order valence-corrected chi connectivity index (χ3v) is 6.31. The maximum atomic E-state index is 12.8. The molecule has 0 aliphatic carbocycles. The van der Waals surface area contributed by atoms with Crippen LogP contribution in [0.3, 0.4) is 0 Å². The van der Waals surface area contributed by atoms with Gasteiger partial charge in [-0.05, 0) is 63.1 Å². The molecule has 0 saturated carbocycles. The average Bonchev–Trinajstić information content (AvgIpc) is 3.18. The van der Waals surface area contributed by atoms with Crippen LogP contribution in [-0.4, -0.2) is 28.6 Å². The van der Waals surface area contributed by atoms with Crippen molar-refractivity contribution in [3.8, 4) is 16.9 Å². The number of hydrogen-bond acceptors (Lipinski definition) is 2. The zero-order chi connectivity index (χ0) is 23.5. The van der Waals surface area contributed by atoms with Crippen molar-refractivity contribution in [3.63, 3.8) is 0 Å². The molecule has 0 fully saturated rings. The van der Waals surface area contributed by atoms with Crippen LogP contribution in [-0.2, 0) is 6.54 Å². The molecule has 0 aliphatic heterocycles. The Morgan fingerprint density at radius 1 is 0.970 bits per heavy atom. The number of benzene rings is 3. The summed E-state index contributed by atoms with van der Waals surface area (Å²) in [6.45, 7) is 9.94. The van der Waals surface area contributed by atoms with E-state index in [1.54, 1.807) is 4.90 Å². The maximum Gasteiger partial charge on any atom is 0.415 e. The molecule has 0 N–H and O–H groups in total. The van der Waals surface area contributed by atoms with Gasteiger partial charge in [0.1, 0.15) is 5.75 Å². The Morgan fingerprint density at radius 3 is 2.33 bits per heavy atom. The minimum Gasteiger partial charge on any atom is -0.410 e. The van der Waals surface area contributed by atoms with Gasteiger partial charge in [-0.3, -0.25) is 0 Å². The van der Waals surface area contributed by atoms with E-state index in [1.165, 1.54) is 11.1 Å². The van der Waals surface area contributed by atoms with Crippen LogP contribution in [0, 0.1) is 13.8 Å². The lowest BCUT2D eigenvalue weighted by Gasteiger charge is -2.20. The lowest BCUT2D eigenvalue weighted by Crippen LogP contribution is -2.33. The zero-order valence-electron chi connectivity index (χ0n) is 19.6. The molecule has 170 valence electrons. The smallest absolute Gasteiger partial charge is 0.410 e. The lowest BCUT2D eigenvalue weighted by molar-refractivity contribution is 0.157. The molecular weight excluding hydrogens is 432 g/mol. The van der Waals surface area contributed by atoms with E-state index in [9.17, 15) is 4.79 Å². The summed E-state index contributed by atoms with van der Waals surface area (Å²) >= 11 is 6.42. The molecule has 1 heterocycles. The second-order valence-corrected chi connectivity index (χ2v) is 8.73. The Morgan fingerprint density at radius 2 is 1.67 bits per heavy atom. The number of aryl methyl sites for hydroxylation is 2. The van der Waals surface area contributed by atoms with E-state index in [0.29, 0.717) is 25.4 Å². The third-order valence-electron chi connectivity index (χ3n) is 5.94. The van der Waals surface area contributed by atoms with Crippen LogP contribution in [0.25, 0.3) is 22.0 Å². The van der Waals surface area contributed by atoms with E-state index in [0.717, 1.165) is 32.6 Å². The second-order valence-electron chi connectivity index (χ2n) is 8.32. The highest BCUT2D eigenvalue weighted by molar-refractivity contribution is 6.31. The summed E-state index contributed by atoms with van der Waals surface area (Å²) in [5.74, 6) is 0.569. The van der Waals surface area contributed by atoms with Gasteiger partial charge in [0.05, 0.1) is 0 Å². The lowest BCUT2D eigenvalue weighted by atomic mass is 9.97. The fraction of sp³-hybridized carbons (Fsp3) is 0.250. The summed E-state index contributed by atoms with van der Waals surface area (Å²) in [4.78, 5) is 14.5. The Balaban J connectivity index is 1.86. The Hall–Kier alpha value is -3.24. The summed E-state index contributed by atoms with van der Waals surface area (Å²) < 4.78 is 8.11. The Labute approximate surface area is 200 Å². The number of carbonyl (C=O) groups is 1. The largest absolute Gasteiger partial charge is 0.415 e. The topological polar surface area (TPSA) is 34.5 Å². The van der Waals surface area contributed by atoms with Crippen molar-refractivity contribution in [3.05, 3.63) is 88.6 Å². The molecule has 4 aromatic rings. The van der Waals surface area contributed by atoms with Gasteiger partial charge in [-0.25, -0.2) is 4.79 Å². The molecular formula is C28H29ClN2O2. The quantitative estimate of drug-likeness (QED) is 0.299. The number of carbonyl (C=O) groups excluding carboxylic acids is 1. The fourth-order valence-corrected chi connectivity index (χ4v) is 4.54. The number of ether oxygens (including phenoxy) is 1. The van der Waals surface area contributed by atoms with E-state index >= 15 is 0 Å². The van der Waals surface area contributed by atoms with Crippen molar-refractivity contribution in [2.45, 2.75) is 34.2 Å². The van der Waals surface area contributed by atoms with E-state index in [4.69, 9.17) is 16.3 Å². The highest BCUT2D eigenvalue weighted by Crippen LogP contribution is 2.39. The third kappa shape index (κ3) is 4.76. The van der Waals surface area contributed by atoms with E-state index < -0.39 is 0 Å². The predicted molar refractivity (Wildman–Crippen MR) is 136 cm³/mol. The highest BCUT2D eigenvalue weighted by Gasteiger charge is 2.19. The molecule has 0 unspecified atom stereocenters. The van der Waals surface area contributed by atoms with Gasteiger partial charge in [0, 0.05) is 47.3 Å². The SMILES string of the molecule is CCN(CC)C(=O)Oc1ccc2c(ccn2Cc2ccccc2Cl)c1-c1cc(C)cc(C)c1. The molecule has 0 spiro atoms. The normalized spacial score (nSPS) is 11.1. The average molecular weight is 461 g/mol. The second kappa shape index (κ2) is 9.72. The van der Waals surface area contributed by atoms with Gasteiger partial charge in [0.2, 0.25) is 0 Å². The zero-order valence-corrected chi connectivity index (χ0v) is 20.3. The van der Waals surface area contributed by atoms with Gasteiger partial charge in [0.15, 0.2) is 0 Å². The first kappa shape index (κ1) is 22.9. The summed E-state index contributed by atoms with van der Waals surface area (Å²) in [6, 6.07) is 20.3. The number of rotatable bonds is 6. The molecule has 0 saturated heterocycles. The van der Waals surface area contributed by atoms with Gasteiger partial charge in [-0.1, -0.05) is 59.1 Å². The summed E-state index contributed by atoms with van der Waals surface area (Å²) in [6.07, 6.45) is 1.73. The molecule has 1 amide bonds. The summed E-state index contributed by atoms with van der Waals surface area (Å²) in [5.41, 5.74) is 6.42. The summed E-state index contributed by atoms with van der Waals surface area (Å²) in [5, 5.41) is 1.79. The molecule has 3 aromatic carbocycles. The van der Waals surface area contributed by atoms with Crippen LogP contribution in [0.4, 0.5) is 4.79 Å². The van der Waals surface area contributed by atoms with Crippen LogP contribution >= 0.6 is 11.6 Å². The van der Waals surface area contributed by atoms with Crippen LogP contribution < -0.4 is 4.74 Å². The first-order chi connectivity index (χ1) is 15.9. The van der Waals surface area contributed by atoms with Crippen molar-refractivity contribution in [2.24, 2.45) is 0 Å². The molecule has 0 atom stereocenters. The molecule has 4 nitrogen and oxygen atoms in total. The number of halogens is 1. The van der Waals surface area contributed by atoms with Crippen molar-refractivity contribution in [1.29, 1.82) is 0 Å². The van der Waals surface area contributed by atoms with Gasteiger partial charge in [-0.2, -0.15) is 0 Å². The molecule has 0 aliphatic rings. The minimum absolute atomic E-state index is 0.333. The monoisotopic (exact) mass is 460 g/mol. The van der Waals surface area contributed by atoms with Gasteiger partial charge < -0.3 is 14.2 Å². The van der Waals surface area contributed by atoms with E-state index in [2.05, 4.69) is 48.9 Å². The van der Waals surface area contributed by atoms with Gasteiger partial charge >= 0.3 is 6.09 Å². The highest BCUT2D eigenvalue weighted by atomic mass is 35.5. The fourth-order valence-electron chi connectivity index (χ4n) is 4.34. The molecule has 0 radical (unpaired) electrons. The van der Waals surface area contributed by atoms with Crippen LogP contribution in [0.5, 0.6) is 5.75 Å². The number of amides is 1. The molecule has 5 heteroatoms.